The summed E-state index contributed by atoms with van der Waals surface area (Å²) in [7, 11) is 1.63. The first-order chi connectivity index (χ1) is 17.9. The van der Waals surface area contributed by atoms with E-state index in [1.54, 1.807) is 25.4 Å². The number of aromatic carboxylic acids is 1. The van der Waals surface area contributed by atoms with Gasteiger partial charge in [-0.2, -0.15) is 0 Å². The van der Waals surface area contributed by atoms with Crippen LogP contribution in [0.2, 0.25) is 0 Å². The molecule has 1 amide bonds. The number of amides is 1. The SMILES string of the molecule is Cc1c(NC(=O)c2ccc(C(C)(C)C)cc2)cccc1-c1cn(C)c(=O)c(Nc2ccc(C(=O)O)cc2)n1. The third-order valence-electron chi connectivity index (χ3n) is 6.34. The van der Waals surface area contributed by atoms with E-state index in [4.69, 9.17) is 5.11 Å². The lowest BCUT2D eigenvalue weighted by atomic mass is 9.86. The van der Waals surface area contributed by atoms with Crippen molar-refractivity contribution in [3.8, 4) is 11.3 Å². The normalized spacial score (nSPS) is 11.2. The zero-order valence-electron chi connectivity index (χ0n) is 22.0. The topological polar surface area (TPSA) is 113 Å². The third kappa shape index (κ3) is 5.64. The van der Waals surface area contributed by atoms with Crippen molar-refractivity contribution < 1.29 is 14.7 Å². The largest absolute Gasteiger partial charge is 0.478 e. The van der Waals surface area contributed by atoms with Gasteiger partial charge in [-0.25, -0.2) is 9.78 Å². The second-order valence-electron chi connectivity index (χ2n) is 10.2. The summed E-state index contributed by atoms with van der Waals surface area (Å²) < 4.78 is 1.43. The lowest BCUT2D eigenvalue weighted by Gasteiger charge is -2.19. The van der Waals surface area contributed by atoms with E-state index in [9.17, 15) is 14.4 Å². The molecule has 0 unspecified atom stereocenters. The summed E-state index contributed by atoms with van der Waals surface area (Å²) in [6.07, 6.45) is 1.64. The highest BCUT2D eigenvalue weighted by molar-refractivity contribution is 6.05. The molecule has 0 fully saturated rings. The van der Waals surface area contributed by atoms with Gasteiger partial charge in [0, 0.05) is 35.7 Å². The molecule has 0 saturated heterocycles. The van der Waals surface area contributed by atoms with Crippen LogP contribution in [-0.2, 0) is 12.5 Å². The van der Waals surface area contributed by atoms with E-state index in [2.05, 4.69) is 36.4 Å². The molecule has 0 bridgehead atoms. The van der Waals surface area contributed by atoms with Crippen molar-refractivity contribution in [1.29, 1.82) is 0 Å². The van der Waals surface area contributed by atoms with Gasteiger partial charge in [-0.15, -0.1) is 0 Å². The summed E-state index contributed by atoms with van der Waals surface area (Å²) in [5.41, 5.74) is 4.79. The lowest BCUT2D eigenvalue weighted by molar-refractivity contribution is 0.0696. The van der Waals surface area contributed by atoms with Gasteiger partial charge in [-0.1, -0.05) is 45.0 Å². The molecule has 0 aliphatic carbocycles. The van der Waals surface area contributed by atoms with Crippen molar-refractivity contribution in [2.45, 2.75) is 33.1 Å². The van der Waals surface area contributed by atoms with E-state index in [-0.39, 0.29) is 28.3 Å². The van der Waals surface area contributed by atoms with Crippen LogP contribution in [-0.4, -0.2) is 26.5 Å². The van der Waals surface area contributed by atoms with Gasteiger partial charge in [0.25, 0.3) is 11.5 Å². The third-order valence-corrected chi connectivity index (χ3v) is 6.34. The Bertz CT molecular complexity index is 1560. The first kappa shape index (κ1) is 26.3. The van der Waals surface area contributed by atoms with Crippen LogP contribution in [0.4, 0.5) is 17.2 Å². The molecule has 0 aliphatic heterocycles. The molecule has 0 saturated carbocycles. The van der Waals surface area contributed by atoms with Gasteiger partial charge in [-0.3, -0.25) is 9.59 Å². The molecule has 4 rings (SSSR count). The fourth-order valence-electron chi connectivity index (χ4n) is 4.01. The number of carbonyl (C=O) groups excluding carboxylic acids is 1. The van der Waals surface area contributed by atoms with Crippen LogP contribution in [0.5, 0.6) is 0 Å². The molecule has 3 aromatic carbocycles. The van der Waals surface area contributed by atoms with Crippen LogP contribution in [0.1, 0.15) is 52.6 Å². The van der Waals surface area contributed by atoms with Crippen LogP contribution < -0.4 is 16.2 Å². The number of carboxylic acid groups (broad SMARTS) is 1. The minimum absolute atomic E-state index is 0.00165. The molecule has 1 heterocycles. The fourth-order valence-corrected chi connectivity index (χ4v) is 4.01. The van der Waals surface area contributed by atoms with Gasteiger partial charge in [-0.05, 0) is 65.9 Å². The maximum atomic E-state index is 13.0. The molecule has 0 radical (unpaired) electrons. The number of carbonyl (C=O) groups is 2. The monoisotopic (exact) mass is 510 g/mol. The number of rotatable bonds is 6. The molecular formula is C30H30N4O4. The molecule has 194 valence electrons. The molecule has 4 aromatic rings. The molecule has 0 aliphatic rings. The van der Waals surface area contributed by atoms with E-state index in [0.717, 1.165) is 16.7 Å². The highest BCUT2D eigenvalue weighted by atomic mass is 16.4. The van der Waals surface area contributed by atoms with Crippen molar-refractivity contribution in [3.05, 3.63) is 106 Å². The predicted octanol–water partition coefficient (Wildman–Crippen LogP) is 5.75. The highest BCUT2D eigenvalue weighted by Gasteiger charge is 2.17. The average molecular weight is 511 g/mol. The summed E-state index contributed by atoms with van der Waals surface area (Å²) in [5, 5.41) is 15.1. The van der Waals surface area contributed by atoms with Crippen LogP contribution >= 0.6 is 0 Å². The van der Waals surface area contributed by atoms with E-state index in [1.165, 1.54) is 16.7 Å². The Labute approximate surface area is 221 Å². The summed E-state index contributed by atoms with van der Waals surface area (Å²) >= 11 is 0. The second kappa shape index (κ2) is 10.3. The quantitative estimate of drug-likeness (QED) is 0.305. The number of benzene rings is 3. The minimum atomic E-state index is -1.03. The number of nitrogens with zero attached hydrogens (tertiary/aromatic N) is 2. The fraction of sp³-hybridized carbons (Fsp3) is 0.200. The molecule has 8 nitrogen and oxygen atoms in total. The predicted molar refractivity (Wildman–Crippen MR) is 149 cm³/mol. The number of carboxylic acids is 1. The lowest BCUT2D eigenvalue weighted by Crippen LogP contribution is -2.21. The first-order valence-electron chi connectivity index (χ1n) is 12.1. The van der Waals surface area contributed by atoms with Gasteiger partial charge < -0.3 is 20.3 Å². The molecule has 0 spiro atoms. The van der Waals surface area contributed by atoms with Gasteiger partial charge in [0.15, 0.2) is 5.82 Å². The maximum Gasteiger partial charge on any atom is 0.335 e. The Hall–Kier alpha value is -4.72. The van der Waals surface area contributed by atoms with Crippen LogP contribution in [0, 0.1) is 6.92 Å². The van der Waals surface area contributed by atoms with E-state index >= 15 is 0 Å². The Morgan fingerprint density at radius 2 is 1.55 bits per heavy atom. The summed E-state index contributed by atoms with van der Waals surface area (Å²) in [6, 6.07) is 19.2. The molecule has 0 atom stereocenters. The molecule has 3 N–H and O–H groups in total. The van der Waals surface area contributed by atoms with Crippen molar-refractivity contribution in [3.63, 3.8) is 0 Å². The van der Waals surface area contributed by atoms with E-state index in [0.29, 0.717) is 22.6 Å². The minimum Gasteiger partial charge on any atom is -0.478 e. The van der Waals surface area contributed by atoms with Gasteiger partial charge >= 0.3 is 5.97 Å². The maximum absolute atomic E-state index is 13.0. The Morgan fingerprint density at radius 3 is 2.16 bits per heavy atom. The summed E-state index contributed by atoms with van der Waals surface area (Å²) in [4.78, 5) is 41.4. The van der Waals surface area contributed by atoms with Crippen molar-refractivity contribution >= 4 is 29.1 Å². The number of anilines is 3. The van der Waals surface area contributed by atoms with Crippen molar-refractivity contribution in [1.82, 2.24) is 9.55 Å². The van der Waals surface area contributed by atoms with Crippen LogP contribution in [0.3, 0.4) is 0 Å². The Balaban J connectivity index is 1.62. The summed E-state index contributed by atoms with van der Waals surface area (Å²) in [5.74, 6) is -1.15. The summed E-state index contributed by atoms with van der Waals surface area (Å²) in [6.45, 7) is 8.26. The molecule has 1 aromatic heterocycles. The smallest absolute Gasteiger partial charge is 0.335 e. The molecule has 8 heteroatoms. The highest BCUT2D eigenvalue weighted by Crippen LogP contribution is 2.29. The Morgan fingerprint density at radius 1 is 0.921 bits per heavy atom. The molecular weight excluding hydrogens is 480 g/mol. The average Bonchev–Trinajstić information content (AvgIpc) is 2.87. The number of aromatic nitrogens is 2. The van der Waals surface area contributed by atoms with Gasteiger partial charge in [0.1, 0.15) is 0 Å². The van der Waals surface area contributed by atoms with Gasteiger partial charge in [0.05, 0.1) is 11.3 Å². The molecule has 38 heavy (non-hydrogen) atoms. The number of hydrogen-bond acceptors (Lipinski definition) is 5. The van der Waals surface area contributed by atoms with Crippen LogP contribution in [0.15, 0.2) is 77.7 Å². The van der Waals surface area contributed by atoms with Crippen molar-refractivity contribution in [2.24, 2.45) is 7.05 Å². The first-order valence-corrected chi connectivity index (χ1v) is 12.1. The van der Waals surface area contributed by atoms with Crippen LogP contribution in [0.25, 0.3) is 11.3 Å². The van der Waals surface area contributed by atoms with E-state index in [1.807, 2.05) is 49.4 Å². The second-order valence-corrected chi connectivity index (χ2v) is 10.2. The standard InChI is InChI=1S/C30H30N4O4/c1-18-23(7-6-8-24(18)33-27(35)19-9-13-21(14-10-19)30(2,3)4)25-17-34(5)28(36)26(32-25)31-22-15-11-20(12-16-22)29(37)38/h6-17H,1-5H3,(H,31,32)(H,33,35)(H,37,38). The number of aryl methyl sites for hydroxylation is 1. The van der Waals surface area contributed by atoms with Gasteiger partial charge in [0.2, 0.25) is 0 Å². The van der Waals surface area contributed by atoms with Crippen molar-refractivity contribution in [2.75, 3.05) is 10.6 Å². The zero-order chi connectivity index (χ0) is 27.6. The number of nitrogens with one attached hydrogen (secondary N) is 2. The van der Waals surface area contributed by atoms with E-state index < -0.39 is 5.97 Å². The number of hydrogen-bond donors (Lipinski definition) is 3. The zero-order valence-corrected chi connectivity index (χ0v) is 22.0. The Kier molecular flexibility index (Phi) is 7.17.